The Labute approximate surface area is 138 Å². The van der Waals surface area contributed by atoms with Gasteiger partial charge in [-0.1, -0.05) is 15.9 Å². The molecule has 0 fully saturated rings. The van der Waals surface area contributed by atoms with Gasteiger partial charge in [-0.05, 0) is 42.5 Å². The molecule has 0 bridgehead atoms. The number of amides is 1. The third kappa shape index (κ3) is 3.66. The van der Waals surface area contributed by atoms with E-state index in [2.05, 4.69) is 15.9 Å². The van der Waals surface area contributed by atoms with Crippen LogP contribution in [0.15, 0.2) is 46.9 Å². The first-order chi connectivity index (χ1) is 10.5. The van der Waals surface area contributed by atoms with E-state index in [4.69, 9.17) is 10.00 Å². The predicted molar refractivity (Wildman–Crippen MR) is 87.6 cm³/mol. The molecule has 0 aromatic heterocycles. The van der Waals surface area contributed by atoms with Crippen LogP contribution in [0.3, 0.4) is 0 Å². The SMILES string of the molecule is COc1ccc(Br)cc1CN(C)C(=O)c1ccc(C#N)cc1. The Balaban J connectivity index is 2.17. The average Bonchev–Trinajstić information content (AvgIpc) is 2.54. The van der Waals surface area contributed by atoms with E-state index in [9.17, 15) is 4.79 Å². The first-order valence-corrected chi connectivity index (χ1v) is 7.42. The fourth-order valence-corrected chi connectivity index (χ4v) is 2.51. The van der Waals surface area contributed by atoms with E-state index in [1.165, 1.54) is 0 Å². The molecule has 1 amide bonds. The summed E-state index contributed by atoms with van der Waals surface area (Å²) in [5, 5.41) is 8.79. The predicted octanol–water partition coefficient (Wildman–Crippen LogP) is 3.60. The number of hydrogen-bond acceptors (Lipinski definition) is 3. The molecule has 0 spiro atoms. The largest absolute Gasteiger partial charge is 0.496 e. The van der Waals surface area contributed by atoms with E-state index < -0.39 is 0 Å². The maximum atomic E-state index is 12.4. The molecule has 0 saturated heterocycles. The summed E-state index contributed by atoms with van der Waals surface area (Å²) in [4.78, 5) is 14.0. The Morgan fingerprint density at radius 2 is 1.95 bits per heavy atom. The second-order valence-electron chi connectivity index (χ2n) is 4.81. The maximum absolute atomic E-state index is 12.4. The highest BCUT2D eigenvalue weighted by atomic mass is 79.9. The van der Waals surface area contributed by atoms with Gasteiger partial charge in [-0.3, -0.25) is 4.79 Å². The summed E-state index contributed by atoms with van der Waals surface area (Å²) in [7, 11) is 3.34. The van der Waals surface area contributed by atoms with Gasteiger partial charge in [0.2, 0.25) is 0 Å². The maximum Gasteiger partial charge on any atom is 0.253 e. The third-order valence-corrected chi connectivity index (χ3v) is 3.75. The molecule has 22 heavy (non-hydrogen) atoms. The topological polar surface area (TPSA) is 53.3 Å². The lowest BCUT2D eigenvalue weighted by Gasteiger charge is -2.19. The normalized spacial score (nSPS) is 9.91. The molecule has 2 aromatic carbocycles. The molecule has 0 atom stereocenters. The van der Waals surface area contributed by atoms with Crippen molar-refractivity contribution >= 4 is 21.8 Å². The zero-order valence-corrected chi connectivity index (χ0v) is 13.9. The monoisotopic (exact) mass is 358 g/mol. The van der Waals surface area contributed by atoms with E-state index in [-0.39, 0.29) is 5.91 Å². The quantitative estimate of drug-likeness (QED) is 0.838. The number of nitriles is 1. The minimum Gasteiger partial charge on any atom is -0.496 e. The lowest BCUT2D eigenvalue weighted by molar-refractivity contribution is 0.0784. The minimum atomic E-state index is -0.105. The second kappa shape index (κ2) is 7.10. The van der Waals surface area contributed by atoms with Crippen LogP contribution < -0.4 is 4.74 Å². The highest BCUT2D eigenvalue weighted by molar-refractivity contribution is 9.10. The smallest absolute Gasteiger partial charge is 0.253 e. The summed E-state index contributed by atoms with van der Waals surface area (Å²) in [6, 6.07) is 14.3. The standard InChI is InChI=1S/C17H15BrN2O2/c1-20(11-14-9-15(18)7-8-16(14)22-2)17(21)13-5-3-12(10-19)4-6-13/h3-9H,11H2,1-2H3. The average molecular weight is 359 g/mol. The Morgan fingerprint density at radius 3 is 2.55 bits per heavy atom. The number of carbonyl (C=O) groups is 1. The number of halogens is 1. The number of rotatable bonds is 4. The number of carbonyl (C=O) groups excluding carboxylic acids is 1. The van der Waals surface area contributed by atoms with E-state index in [1.807, 2.05) is 24.3 Å². The van der Waals surface area contributed by atoms with Crippen molar-refractivity contribution in [2.75, 3.05) is 14.2 Å². The summed E-state index contributed by atoms with van der Waals surface area (Å²) in [6.45, 7) is 0.432. The van der Waals surface area contributed by atoms with Crippen molar-refractivity contribution in [1.29, 1.82) is 5.26 Å². The van der Waals surface area contributed by atoms with Gasteiger partial charge in [-0.15, -0.1) is 0 Å². The van der Waals surface area contributed by atoms with E-state index in [1.54, 1.807) is 43.3 Å². The fourth-order valence-electron chi connectivity index (χ4n) is 2.11. The summed E-state index contributed by atoms with van der Waals surface area (Å²) < 4.78 is 6.25. The van der Waals surface area contributed by atoms with Crippen molar-refractivity contribution in [1.82, 2.24) is 4.90 Å². The van der Waals surface area contributed by atoms with Crippen molar-refractivity contribution in [3.05, 3.63) is 63.6 Å². The van der Waals surface area contributed by atoms with Gasteiger partial charge in [-0.2, -0.15) is 5.26 Å². The van der Waals surface area contributed by atoms with Crippen molar-refractivity contribution < 1.29 is 9.53 Å². The van der Waals surface area contributed by atoms with Gasteiger partial charge in [0.1, 0.15) is 5.75 Å². The summed E-state index contributed by atoms with van der Waals surface area (Å²) >= 11 is 3.42. The molecule has 0 unspecified atom stereocenters. The van der Waals surface area contributed by atoms with Gasteiger partial charge in [0.15, 0.2) is 0 Å². The molecule has 0 aliphatic heterocycles. The van der Waals surface area contributed by atoms with Crippen LogP contribution in [0.4, 0.5) is 0 Å². The molecule has 2 aromatic rings. The number of benzene rings is 2. The minimum absolute atomic E-state index is 0.105. The summed E-state index contributed by atoms with van der Waals surface area (Å²) in [5.74, 6) is 0.634. The molecule has 0 aliphatic rings. The van der Waals surface area contributed by atoms with E-state index in [0.717, 1.165) is 15.8 Å². The van der Waals surface area contributed by atoms with Gasteiger partial charge in [0.05, 0.1) is 18.7 Å². The molecule has 0 saturated carbocycles. The number of hydrogen-bond donors (Lipinski definition) is 0. The van der Waals surface area contributed by atoms with Crippen LogP contribution in [-0.4, -0.2) is 25.0 Å². The van der Waals surface area contributed by atoms with Crippen LogP contribution in [0.25, 0.3) is 0 Å². The lowest BCUT2D eigenvalue weighted by atomic mass is 10.1. The highest BCUT2D eigenvalue weighted by Gasteiger charge is 2.14. The highest BCUT2D eigenvalue weighted by Crippen LogP contribution is 2.24. The second-order valence-corrected chi connectivity index (χ2v) is 5.72. The van der Waals surface area contributed by atoms with Crippen molar-refractivity contribution in [2.45, 2.75) is 6.54 Å². The zero-order valence-electron chi connectivity index (χ0n) is 12.3. The van der Waals surface area contributed by atoms with E-state index >= 15 is 0 Å². The molecule has 0 N–H and O–H groups in total. The first kappa shape index (κ1) is 16.1. The summed E-state index contributed by atoms with van der Waals surface area (Å²) in [6.07, 6.45) is 0. The van der Waals surface area contributed by atoms with Gasteiger partial charge < -0.3 is 9.64 Å². The zero-order chi connectivity index (χ0) is 16.1. The Morgan fingerprint density at radius 1 is 1.27 bits per heavy atom. The summed E-state index contributed by atoms with van der Waals surface area (Å²) in [5.41, 5.74) is 2.00. The number of methoxy groups -OCH3 is 1. The van der Waals surface area contributed by atoms with Crippen molar-refractivity contribution in [3.8, 4) is 11.8 Å². The molecule has 0 radical (unpaired) electrons. The lowest BCUT2D eigenvalue weighted by Crippen LogP contribution is -2.26. The molecule has 0 aliphatic carbocycles. The Bertz CT molecular complexity index is 720. The van der Waals surface area contributed by atoms with Crippen LogP contribution in [-0.2, 0) is 6.54 Å². The molecule has 0 heterocycles. The molecule has 112 valence electrons. The first-order valence-electron chi connectivity index (χ1n) is 6.63. The molecular formula is C17H15BrN2O2. The van der Waals surface area contributed by atoms with Gasteiger partial charge in [0, 0.05) is 29.2 Å². The molecular weight excluding hydrogens is 344 g/mol. The van der Waals surface area contributed by atoms with Gasteiger partial charge >= 0.3 is 0 Å². The van der Waals surface area contributed by atoms with Gasteiger partial charge in [0.25, 0.3) is 5.91 Å². The third-order valence-electron chi connectivity index (χ3n) is 3.26. The molecule has 4 nitrogen and oxygen atoms in total. The van der Waals surface area contributed by atoms with Crippen LogP contribution >= 0.6 is 15.9 Å². The Hall–Kier alpha value is -2.32. The fraction of sp³-hybridized carbons (Fsp3) is 0.176. The van der Waals surface area contributed by atoms with Crippen LogP contribution in [0, 0.1) is 11.3 Å². The molecule has 2 rings (SSSR count). The number of ether oxygens (including phenoxy) is 1. The van der Waals surface area contributed by atoms with Gasteiger partial charge in [-0.25, -0.2) is 0 Å². The van der Waals surface area contributed by atoms with Crippen molar-refractivity contribution in [2.24, 2.45) is 0 Å². The molecule has 5 heteroatoms. The Kier molecular flexibility index (Phi) is 5.18. The van der Waals surface area contributed by atoms with Crippen LogP contribution in [0.1, 0.15) is 21.5 Å². The van der Waals surface area contributed by atoms with E-state index in [0.29, 0.717) is 17.7 Å². The van der Waals surface area contributed by atoms with Crippen molar-refractivity contribution in [3.63, 3.8) is 0 Å². The number of nitrogens with zero attached hydrogens (tertiary/aromatic N) is 2. The van der Waals surface area contributed by atoms with Crippen LogP contribution in [0.2, 0.25) is 0 Å². The van der Waals surface area contributed by atoms with Crippen LogP contribution in [0.5, 0.6) is 5.75 Å².